The molecule has 2 fully saturated rings. The smallest absolute Gasteiger partial charge is 0.262 e. The van der Waals surface area contributed by atoms with E-state index in [9.17, 15) is 13.6 Å². The van der Waals surface area contributed by atoms with Gasteiger partial charge >= 0.3 is 0 Å². The molecule has 2 aliphatic rings. The minimum absolute atomic E-state index is 0.0339. The number of carbonyl (C=O) groups excluding carboxylic acids is 1. The molecule has 1 aromatic carbocycles. The van der Waals surface area contributed by atoms with E-state index in [2.05, 4.69) is 30.6 Å². The third-order valence-electron chi connectivity index (χ3n) is 8.20. The predicted octanol–water partition coefficient (Wildman–Crippen LogP) is 4.16. The first-order valence-corrected chi connectivity index (χ1v) is 14.0. The molecule has 0 spiro atoms. The van der Waals surface area contributed by atoms with Crippen LogP contribution in [0.25, 0.3) is 22.2 Å². The zero-order valence-electron chi connectivity index (χ0n) is 24.1. The summed E-state index contributed by atoms with van der Waals surface area (Å²) >= 11 is 0. The molecule has 0 bridgehead atoms. The number of anilines is 3. The molecule has 1 unspecified atom stereocenters. The molecule has 0 radical (unpaired) electrons. The van der Waals surface area contributed by atoms with E-state index >= 15 is 0 Å². The summed E-state index contributed by atoms with van der Waals surface area (Å²) in [6.07, 6.45) is 6.41. The number of benzene rings is 1. The number of aromatic nitrogens is 5. The van der Waals surface area contributed by atoms with Crippen LogP contribution in [-0.2, 0) is 11.8 Å². The van der Waals surface area contributed by atoms with Crippen molar-refractivity contribution in [3.05, 3.63) is 42.4 Å². The maximum atomic E-state index is 14.6. The van der Waals surface area contributed by atoms with Crippen LogP contribution in [0.4, 0.5) is 26.1 Å². The summed E-state index contributed by atoms with van der Waals surface area (Å²) < 4.78 is 36.2. The summed E-state index contributed by atoms with van der Waals surface area (Å²) in [7, 11) is 5.37. The van der Waals surface area contributed by atoms with Crippen LogP contribution in [0.3, 0.4) is 0 Å². The highest BCUT2D eigenvalue weighted by atomic mass is 19.3. The van der Waals surface area contributed by atoms with Gasteiger partial charge in [-0.1, -0.05) is 12.1 Å². The van der Waals surface area contributed by atoms with Crippen molar-refractivity contribution in [2.24, 2.45) is 7.05 Å². The van der Waals surface area contributed by atoms with E-state index in [0.717, 1.165) is 42.4 Å². The highest BCUT2D eigenvalue weighted by Crippen LogP contribution is 2.38. The van der Waals surface area contributed by atoms with Gasteiger partial charge in [-0.15, -0.1) is 5.10 Å². The van der Waals surface area contributed by atoms with Crippen LogP contribution in [0.2, 0.25) is 0 Å². The molecule has 1 amide bonds. The summed E-state index contributed by atoms with van der Waals surface area (Å²) in [4.78, 5) is 29.9. The molecule has 2 saturated heterocycles. The molecule has 42 heavy (non-hydrogen) atoms. The largest absolute Gasteiger partial charge is 0.478 e. The minimum Gasteiger partial charge on any atom is -0.478 e. The Labute approximate surface area is 242 Å². The van der Waals surface area contributed by atoms with Crippen LogP contribution in [-0.4, -0.2) is 92.2 Å². The number of methoxy groups -OCH3 is 1. The molecule has 4 aromatic rings. The molecule has 13 heteroatoms. The molecule has 5 heterocycles. The fourth-order valence-electron chi connectivity index (χ4n) is 6.07. The van der Waals surface area contributed by atoms with Crippen molar-refractivity contribution in [3.63, 3.8) is 0 Å². The highest BCUT2D eigenvalue weighted by Gasteiger charge is 2.50. The second kappa shape index (κ2) is 11.0. The molecule has 3 aromatic heterocycles. The highest BCUT2D eigenvalue weighted by molar-refractivity contribution is 6.06. The number of halogens is 2. The van der Waals surface area contributed by atoms with Crippen LogP contribution in [0.5, 0.6) is 5.88 Å². The fraction of sp³-hybridized carbons (Fsp3) is 0.448. The van der Waals surface area contributed by atoms with Crippen molar-refractivity contribution >= 4 is 34.1 Å². The van der Waals surface area contributed by atoms with Crippen molar-refractivity contribution in [2.45, 2.75) is 44.2 Å². The topological polar surface area (TPSA) is 116 Å². The number of rotatable bonds is 7. The summed E-state index contributed by atoms with van der Waals surface area (Å²) in [5.74, 6) is -2.51. The Balaban J connectivity index is 1.26. The number of H-pyrrole nitrogens is 1. The van der Waals surface area contributed by atoms with E-state index in [1.165, 1.54) is 0 Å². The number of amides is 1. The van der Waals surface area contributed by atoms with Gasteiger partial charge in [0.2, 0.25) is 11.9 Å². The molecule has 1 atom stereocenters. The first-order chi connectivity index (χ1) is 20.1. The average molecular weight is 580 g/mol. The quantitative estimate of drug-likeness (QED) is 0.299. The maximum Gasteiger partial charge on any atom is 0.262 e. The zero-order valence-corrected chi connectivity index (χ0v) is 24.1. The first-order valence-electron chi connectivity index (χ1n) is 14.0. The van der Waals surface area contributed by atoms with Gasteiger partial charge in [0.05, 0.1) is 42.8 Å². The Bertz CT molecular complexity index is 1610. The lowest BCUT2D eigenvalue weighted by atomic mass is 10.0. The molecule has 11 nitrogen and oxygen atoms in total. The number of nitrogens with zero attached hydrogens (tertiary/aromatic N) is 6. The number of alkyl halides is 2. The second-order valence-electron chi connectivity index (χ2n) is 11.3. The van der Waals surface area contributed by atoms with Gasteiger partial charge in [-0.3, -0.25) is 14.4 Å². The van der Waals surface area contributed by atoms with Crippen LogP contribution in [0, 0.1) is 6.92 Å². The number of hydrogen-bond donors (Lipinski definition) is 3. The standard InChI is InChI=1S/C29H35F2N9O2/c1-17-13-33-28(35-22-15-39(3)37-27(22)42-4)36-24(17)20-14-32-25-19(20)6-5-7-21(25)34-26(41)23-12-29(30,31)16-40(23)18-8-10-38(2)11-9-18/h5-7,13-15,18,23,32H,8-12,16H2,1-4H3,(H,34,41)(H,33,35,36). The third kappa shape index (κ3) is 5.41. The van der Waals surface area contributed by atoms with E-state index in [-0.39, 0.29) is 12.6 Å². The van der Waals surface area contributed by atoms with Gasteiger partial charge in [-0.25, -0.2) is 18.7 Å². The normalized spacial score (nSPS) is 19.8. The average Bonchev–Trinajstić information content (AvgIpc) is 3.64. The number of likely N-dealkylation sites (tertiary alicyclic amines) is 2. The van der Waals surface area contributed by atoms with Gasteiger partial charge in [0.15, 0.2) is 0 Å². The maximum absolute atomic E-state index is 14.6. The second-order valence-corrected chi connectivity index (χ2v) is 11.3. The van der Waals surface area contributed by atoms with Crippen LogP contribution in [0.1, 0.15) is 24.8 Å². The minimum atomic E-state index is -2.90. The number of aromatic amines is 1. The number of nitrogens with one attached hydrogen (secondary N) is 3. The Kier molecular flexibility index (Phi) is 7.31. The van der Waals surface area contributed by atoms with E-state index in [4.69, 9.17) is 9.72 Å². The molecule has 0 saturated carbocycles. The van der Waals surface area contributed by atoms with Crippen LogP contribution in [0.15, 0.2) is 36.8 Å². The lowest BCUT2D eigenvalue weighted by Crippen LogP contribution is -2.49. The Morgan fingerprint density at radius 2 is 1.98 bits per heavy atom. The molecule has 3 N–H and O–H groups in total. The van der Waals surface area contributed by atoms with Gasteiger partial charge < -0.3 is 25.3 Å². The Morgan fingerprint density at radius 3 is 2.74 bits per heavy atom. The summed E-state index contributed by atoms with van der Waals surface area (Å²) in [6, 6.07) is 4.63. The van der Waals surface area contributed by atoms with Gasteiger partial charge in [-0.05, 0) is 51.5 Å². The molecule has 0 aliphatic carbocycles. The SMILES string of the molecule is COc1nn(C)cc1Nc1ncc(C)c(-c2c[nH]c3c(NC(=O)C4CC(F)(F)CN4C4CCN(C)CC4)cccc23)n1. The van der Waals surface area contributed by atoms with Gasteiger partial charge in [0, 0.05) is 42.9 Å². The molecule has 2 aliphatic heterocycles. The van der Waals surface area contributed by atoms with Gasteiger partial charge in [-0.2, -0.15) is 0 Å². The lowest BCUT2D eigenvalue weighted by molar-refractivity contribution is -0.121. The molecule has 6 rings (SSSR count). The molecule has 222 valence electrons. The van der Waals surface area contributed by atoms with Gasteiger partial charge in [0.25, 0.3) is 11.8 Å². The lowest BCUT2D eigenvalue weighted by Gasteiger charge is -2.37. The summed E-state index contributed by atoms with van der Waals surface area (Å²) in [5.41, 5.74) is 4.24. The number of fused-ring (bicyclic) bond motifs is 1. The predicted molar refractivity (Wildman–Crippen MR) is 156 cm³/mol. The molecular weight excluding hydrogens is 544 g/mol. The summed E-state index contributed by atoms with van der Waals surface area (Å²) in [6.45, 7) is 3.21. The van der Waals surface area contributed by atoms with E-state index < -0.39 is 24.3 Å². The van der Waals surface area contributed by atoms with Gasteiger partial charge in [0.1, 0.15) is 5.69 Å². The van der Waals surface area contributed by atoms with Crippen molar-refractivity contribution in [2.75, 3.05) is 44.4 Å². The van der Waals surface area contributed by atoms with Crippen molar-refractivity contribution in [3.8, 4) is 17.1 Å². The number of aryl methyl sites for hydroxylation is 2. The first kappa shape index (κ1) is 28.0. The van der Waals surface area contributed by atoms with E-state index in [1.54, 1.807) is 42.2 Å². The number of piperidine rings is 1. The number of para-hydroxylation sites is 1. The van der Waals surface area contributed by atoms with E-state index in [0.29, 0.717) is 34.4 Å². The third-order valence-corrected chi connectivity index (χ3v) is 8.20. The molecular formula is C29H35F2N9O2. The number of carbonyl (C=O) groups is 1. The Morgan fingerprint density at radius 1 is 1.19 bits per heavy atom. The van der Waals surface area contributed by atoms with Crippen molar-refractivity contribution in [1.82, 2.24) is 34.5 Å². The van der Waals surface area contributed by atoms with E-state index in [1.807, 2.05) is 32.3 Å². The Hall–Kier alpha value is -4.10. The number of ether oxygens (including phenoxy) is 1. The number of hydrogen-bond acceptors (Lipinski definition) is 8. The monoisotopic (exact) mass is 579 g/mol. The van der Waals surface area contributed by atoms with Crippen molar-refractivity contribution < 1.29 is 18.3 Å². The summed E-state index contributed by atoms with van der Waals surface area (Å²) in [5, 5.41) is 11.2. The van der Waals surface area contributed by atoms with Crippen molar-refractivity contribution in [1.29, 1.82) is 0 Å². The van der Waals surface area contributed by atoms with Crippen LogP contribution >= 0.6 is 0 Å². The van der Waals surface area contributed by atoms with Crippen LogP contribution < -0.4 is 15.4 Å². The fourth-order valence-corrected chi connectivity index (χ4v) is 6.07. The zero-order chi connectivity index (χ0) is 29.6.